The number of thiazole rings is 1. The number of ether oxygens (including phenoxy) is 1. The number of anilines is 1. The van der Waals surface area contributed by atoms with E-state index in [2.05, 4.69) is 25.6 Å². The Morgan fingerprint density at radius 1 is 1.07 bits per heavy atom. The van der Waals surface area contributed by atoms with Gasteiger partial charge in [-0.25, -0.2) is 4.98 Å². The van der Waals surface area contributed by atoms with E-state index in [4.69, 9.17) is 4.74 Å². The molecule has 4 aromatic rings. The van der Waals surface area contributed by atoms with E-state index >= 15 is 0 Å². The molecule has 0 bridgehead atoms. The lowest BCUT2D eigenvalue weighted by Crippen LogP contribution is -2.18. The number of aromatic nitrogens is 3. The van der Waals surface area contributed by atoms with Crippen LogP contribution in [-0.2, 0) is 6.54 Å². The lowest BCUT2D eigenvalue weighted by atomic mass is 10.3. The van der Waals surface area contributed by atoms with Crippen molar-refractivity contribution in [1.82, 2.24) is 20.3 Å². The second-order valence-corrected chi connectivity index (χ2v) is 6.91. The predicted octanol–water partition coefficient (Wildman–Crippen LogP) is 3.85. The van der Waals surface area contributed by atoms with Crippen LogP contribution in [0.2, 0.25) is 0 Å². The largest absolute Gasteiger partial charge is 0.457 e. The fourth-order valence-corrected chi connectivity index (χ4v) is 3.47. The summed E-state index contributed by atoms with van der Waals surface area (Å²) in [6, 6.07) is 14.8. The van der Waals surface area contributed by atoms with E-state index in [0.717, 1.165) is 21.0 Å². The van der Waals surface area contributed by atoms with Crippen molar-refractivity contribution in [2.75, 3.05) is 12.4 Å². The molecule has 28 heavy (non-hydrogen) atoms. The van der Waals surface area contributed by atoms with Gasteiger partial charge < -0.3 is 15.4 Å². The minimum absolute atomic E-state index is 0.257. The van der Waals surface area contributed by atoms with Crippen LogP contribution in [0.1, 0.15) is 16.2 Å². The van der Waals surface area contributed by atoms with Crippen LogP contribution in [-0.4, -0.2) is 27.9 Å². The molecule has 0 aliphatic carbocycles. The number of carbonyl (C=O) groups excluding carboxylic acids is 1. The number of benzene rings is 1. The molecule has 0 saturated carbocycles. The Morgan fingerprint density at radius 2 is 1.96 bits per heavy atom. The Balaban J connectivity index is 1.49. The Morgan fingerprint density at radius 3 is 2.79 bits per heavy atom. The van der Waals surface area contributed by atoms with Crippen LogP contribution in [0.25, 0.3) is 10.2 Å². The van der Waals surface area contributed by atoms with E-state index < -0.39 is 0 Å². The average molecular weight is 391 g/mol. The second-order valence-electron chi connectivity index (χ2n) is 5.88. The molecule has 0 aliphatic heterocycles. The molecule has 0 aliphatic rings. The lowest BCUT2D eigenvalue weighted by Gasteiger charge is -2.06. The van der Waals surface area contributed by atoms with E-state index in [1.807, 2.05) is 36.4 Å². The van der Waals surface area contributed by atoms with Crippen LogP contribution >= 0.6 is 11.3 Å². The Kier molecular flexibility index (Phi) is 5.11. The van der Waals surface area contributed by atoms with Crippen molar-refractivity contribution < 1.29 is 9.53 Å². The predicted molar refractivity (Wildman–Crippen MR) is 109 cm³/mol. The average Bonchev–Trinajstić information content (AvgIpc) is 3.15. The molecule has 0 atom stereocenters. The first kappa shape index (κ1) is 17.9. The van der Waals surface area contributed by atoms with Gasteiger partial charge in [0, 0.05) is 31.6 Å². The number of hydrogen-bond donors (Lipinski definition) is 2. The first-order valence-corrected chi connectivity index (χ1v) is 9.43. The first-order chi connectivity index (χ1) is 13.7. The molecule has 3 aromatic heterocycles. The van der Waals surface area contributed by atoms with Gasteiger partial charge in [-0.15, -0.1) is 0 Å². The SMILES string of the molecule is CNC(=O)c1cc(Oc2ccc3nc(NCc4ccccn4)sc3c2)ccn1. The lowest BCUT2D eigenvalue weighted by molar-refractivity contribution is 0.0958. The summed E-state index contributed by atoms with van der Waals surface area (Å²) in [5.74, 6) is 0.958. The summed E-state index contributed by atoms with van der Waals surface area (Å²) in [6.07, 6.45) is 3.32. The van der Waals surface area contributed by atoms with Crippen molar-refractivity contribution >= 4 is 32.6 Å². The number of carbonyl (C=O) groups is 1. The number of nitrogens with zero attached hydrogens (tertiary/aromatic N) is 3. The topological polar surface area (TPSA) is 89.0 Å². The van der Waals surface area contributed by atoms with Crippen LogP contribution in [0.15, 0.2) is 60.9 Å². The molecule has 7 nitrogen and oxygen atoms in total. The van der Waals surface area contributed by atoms with Crippen molar-refractivity contribution in [3.8, 4) is 11.5 Å². The number of nitrogens with one attached hydrogen (secondary N) is 2. The highest BCUT2D eigenvalue weighted by atomic mass is 32.1. The molecule has 140 valence electrons. The maximum atomic E-state index is 11.7. The molecule has 4 rings (SSSR count). The Bertz CT molecular complexity index is 1110. The van der Waals surface area contributed by atoms with Gasteiger partial charge in [0.25, 0.3) is 5.91 Å². The van der Waals surface area contributed by atoms with Crippen LogP contribution in [0.4, 0.5) is 5.13 Å². The van der Waals surface area contributed by atoms with Gasteiger partial charge in [-0.2, -0.15) is 0 Å². The van der Waals surface area contributed by atoms with Crippen molar-refractivity contribution in [2.45, 2.75) is 6.54 Å². The summed E-state index contributed by atoms with van der Waals surface area (Å²) in [6.45, 7) is 0.614. The zero-order valence-electron chi connectivity index (χ0n) is 15.0. The fraction of sp³-hybridized carbons (Fsp3) is 0.100. The summed E-state index contributed by atoms with van der Waals surface area (Å²) in [5, 5.41) is 6.67. The third-order valence-corrected chi connectivity index (χ3v) is 4.91. The number of amides is 1. The highest BCUT2D eigenvalue weighted by molar-refractivity contribution is 7.22. The number of fused-ring (bicyclic) bond motifs is 1. The van der Waals surface area contributed by atoms with Gasteiger partial charge in [-0.1, -0.05) is 17.4 Å². The number of rotatable bonds is 6. The summed E-state index contributed by atoms with van der Waals surface area (Å²) in [7, 11) is 1.56. The molecule has 3 heterocycles. The van der Waals surface area contributed by atoms with Gasteiger partial charge in [0.2, 0.25) is 0 Å². The third kappa shape index (κ3) is 4.07. The smallest absolute Gasteiger partial charge is 0.269 e. The van der Waals surface area contributed by atoms with Crippen LogP contribution in [0, 0.1) is 0 Å². The van der Waals surface area contributed by atoms with Crippen LogP contribution in [0.3, 0.4) is 0 Å². The normalized spacial score (nSPS) is 10.6. The maximum absolute atomic E-state index is 11.7. The first-order valence-electron chi connectivity index (χ1n) is 8.61. The molecule has 0 spiro atoms. The molecular weight excluding hydrogens is 374 g/mol. The molecule has 1 aromatic carbocycles. The number of pyridine rings is 2. The maximum Gasteiger partial charge on any atom is 0.269 e. The summed E-state index contributed by atoms with van der Waals surface area (Å²) in [5.41, 5.74) is 2.15. The fourth-order valence-electron chi connectivity index (χ4n) is 2.58. The second kappa shape index (κ2) is 8.01. The van der Waals surface area contributed by atoms with Gasteiger partial charge in [0.05, 0.1) is 22.5 Å². The molecule has 8 heteroatoms. The van der Waals surface area contributed by atoms with Crippen molar-refractivity contribution in [2.24, 2.45) is 0 Å². The zero-order chi connectivity index (χ0) is 19.3. The van der Waals surface area contributed by atoms with Crippen LogP contribution in [0.5, 0.6) is 11.5 Å². The van der Waals surface area contributed by atoms with E-state index in [1.165, 1.54) is 0 Å². The molecule has 0 fully saturated rings. The van der Waals surface area contributed by atoms with Gasteiger partial charge >= 0.3 is 0 Å². The standard InChI is InChI=1S/C20H17N5O2S/c1-21-19(26)17-10-15(7-9-23-17)27-14-5-6-16-18(11-14)28-20(25-16)24-12-13-4-2-3-8-22-13/h2-11H,12H2,1H3,(H,21,26)(H,24,25). The Labute approximate surface area is 165 Å². The minimum atomic E-state index is -0.257. The molecule has 2 N–H and O–H groups in total. The molecule has 0 radical (unpaired) electrons. The number of hydrogen-bond acceptors (Lipinski definition) is 7. The van der Waals surface area contributed by atoms with Gasteiger partial charge in [-0.3, -0.25) is 14.8 Å². The van der Waals surface area contributed by atoms with E-state index in [9.17, 15) is 4.79 Å². The van der Waals surface area contributed by atoms with Gasteiger partial charge in [0.1, 0.15) is 17.2 Å². The highest BCUT2D eigenvalue weighted by Gasteiger charge is 2.09. The molecule has 0 saturated heterocycles. The van der Waals surface area contributed by atoms with Crippen LogP contribution < -0.4 is 15.4 Å². The van der Waals surface area contributed by atoms with E-state index in [1.54, 1.807) is 42.9 Å². The summed E-state index contributed by atoms with van der Waals surface area (Å²) < 4.78 is 6.89. The molecule has 1 amide bonds. The van der Waals surface area contributed by atoms with Gasteiger partial charge in [-0.05, 0) is 30.3 Å². The molecular formula is C20H17N5O2S. The Hall–Kier alpha value is -3.52. The third-order valence-electron chi connectivity index (χ3n) is 3.93. The van der Waals surface area contributed by atoms with Gasteiger partial charge in [0.15, 0.2) is 5.13 Å². The van der Waals surface area contributed by atoms with Crippen molar-refractivity contribution in [3.05, 3.63) is 72.3 Å². The quantitative estimate of drug-likeness (QED) is 0.519. The van der Waals surface area contributed by atoms with Crippen molar-refractivity contribution in [3.63, 3.8) is 0 Å². The highest BCUT2D eigenvalue weighted by Crippen LogP contribution is 2.31. The summed E-state index contributed by atoms with van der Waals surface area (Å²) >= 11 is 1.55. The van der Waals surface area contributed by atoms with E-state index in [-0.39, 0.29) is 5.91 Å². The minimum Gasteiger partial charge on any atom is -0.457 e. The monoisotopic (exact) mass is 391 g/mol. The van der Waals surface area contributed by atoms with Crippen molar-refractivity contribution in [1.29, 1.82) is 0 Å². The van der Waals surface area contributed by atoms with E-state index in [0.29, 0.717) is 23.7 Å². The molecule has 0 unspecified atom stereocenters. The summed E-state index contributed by atoms with van der Waals surface area (Å²) in [4.78, 5) is 24.6. The zero-order valence-corrected chi connectivity index (χ0v) is 15.9.